The predicted molar refractivity (Wildman–Crippen MR) is 79.3 cm³/mol. The van der Waals surface area contributed by atoms with Gasteiger partial charge in [0, 0.05) is 17.9 Å². The molecule has 2 aromatic rings. The summed E-state index contributed by atoms with van der Waals surface area (Å²) in [6.45, 7) is 5.05. The Morgan fingerprint density at radius 2 is 1.84 bits per heavy atom. The summed E-state index contributed by atoms with van der Waals surface area (Å²) in [4.78, 5) is 2.16. The van der Waals surface area contributed by atoms with E-state index in [4.69, 9.17) is 5.73 Å². The van der Waals surface area contributed by atoms with Crippen molar-refractivity contribution in [2.24, 2.45) is 0 Å². The van der Waals surface area contributed by atoms with Gasteiger partial charge in [0.25, 0.3) is 0 Å². The second kappa shape index (κ2) is 5.74. The molecule has 0 unspecified atom stereocenters. The summed E-state index contributed by atoms with van der Waals surface area (Å²) in [5.74, 6) is -0.371. The molecule has 2 nitrogen and oxygen atoms in total. The fraction of sp³-hybridized carbons (Fsp3) is 0.250. The molecule has 0 bridgehead atoms. The van der Waals surface area contributed by atoms with Gasteiger partial charge in [-0.1, -0.05) is 19.1 Å². The van der Waals surface area contributed by atoms with Crippen LogP contribution in [0, 0.1) is 12.7 Å². The van der Waals surface area contributed by atoms with E-state index in [1.807, 2.05) is 6.07 Å². The van der Waals surface area contributed by atoms with Crippen molar-refractivity contribution in [3.63, 3.8) is 0 Å². The number of aryl methyl sites for hydroxylation is 1. The van der Waals surface area contributed by atoms with Gasteiger partial charge in [-0.15, -0.1) is 0 Å². The molecule has 19 heavy (non-hydrogen) atoms. The van der Waals surface area contributed by atoms with Gasteiger partial charge in [-0.25, -0.2) is 4.39 Å². The normalized spacial score (nSPS) is 10.5. The smallest absolute Gasteiger partial charge is 0.146 e. The summed E-state index contributed by atoms with van der Waals surface area (Å²) in [6.07, 6.45) is 1.01. The van der Waals surface area contributed by atoms with E-state index in [2.05, 4.69) is 36.9 Å². The largest absolute Gasteiger partial charge is 0.396 e. The molecule has 2 N–H and O–H groups in total. The van der Waals surface area contributed by atoms with Crippen molar-refractivity contribution in [1.29, 1.82) is 0 Å². The fourth-order valence-electron chi connectivity index (χ4n) is 2.13. The second-order valence-electron chi connectivity index (χ2n) is 4.70. The third-order valence-corrected chi connectivity index (χ3v) is 3.05. The lowest BCUT2D eigenvalue weighted by atomic mass is 10.1. The number of hydrogen-bond donors (Lipinski definition) is 1. The van der Waals surface area contributed by atoms with E-state index in [-0.39, 0.29) is 11.5 Å². The van der Waals surface area contributed by atoms with Crippen LogP contribution in [-0.2, 0) is 0 Å². The minimum atomic E-state index is -0.371. The molecule has 0 aliphatic rings. The molecule has 100 valence electrons. The first-order chi connectivity index (χ1) is 9.11. The Bertz CT molecular complexity index is 566. The third-order valence-electron chi connectivity index (χ3n) is 3.05. The highest BCUT2D eigenvalue weighted by molar-refractivity contribution is 5.67. The maximum Gasteiger partial charge on any atom is 0.146 e. The molecule has 0 amide bonds. The highest BCUT2D eigenvalue weighted by Gasteiger charge is 2.10. The van der Waals surface area contributed by atoms with Gasteiger partial charge in [0.15, 0.2) is 0 Å². The Morgan fingerprint density at radius 1 is 1.11 bits per heavy atom. The number of rotatable bonds is 4. The number of anilines is 3. The lowest BCUT2D eigenvalue weighted by Gasteiger charge is -2.25. The Morgan fingerprint density at radius 3 is 2.47 bits per heavy atom. The molecule has 0 aliphatic heterocycles. The van der Waals surface area contributed by atoms with Crippen LogP contribution in [0.1, 0.15) is 18.9 Å². The van der Waals surface area contributed by atoms with E-state index in [1.54, 1.807) is 12.1 Å². The van der Waals surface area contributed by atoms with Gasteiger partial charge in [0.05, 0.1) is 5.69 Å². The van der Waals surface area contributed by atoms with E-state index in [0.717, 1.165) is 24.3 Å². The summed E-state index contributed by atoms with van der Waals surface area (Å²) in [5, 5.41) is 0. The molecule has 0 fully saturated rings. The molecular formula is C16H19FN2. The summed E-state index contributed by atoms with van der Waals surface area (Å²) in [5.41, 5.74) is 9.08. The molecule has 0 saturated heterocycles. The summed E-state index contributed by atoms with van der Waals surface area (Å²) in [6, 6.07) is 13.1. The average Bonchev–Trinajstić information content (AvgIpc) is 2.39. The molecule has 0 aromatic heterocycles. The van der Waals surface area contributed by atoms with Crippen molar-refractivity contribution in [1.82, 2.24) is 0 Å². The standard InChI is InChI=1S/C16H19FN2/c1-3-9-19(13-6-4-5-12(2)10-13)14-7-8-15(17)16(18)11-14/h4-8,10-11H,3,9,18H2,1-2H3. The van der Waals surface area contributed by atoms with Crippen LogP contribution in [0.5, 0.6) is 0 Å². The first-order valence-corrected chi connectivity index (χ1v) is 6.51. The fourth-order valence-corrected chi connectivity index (χ4v) is 2.13. The van der Waals surface area contributed by atoms with Crippen LogP contribution in [-0.4, -0.2) is 6.54 Å². The van der Waals surface area contributed by atoms with Gasteiger partial charge < -0.3 is 10.6 Å². The second-order valence-corrected chi connectivity index (χ2v) is 4.70. The summed E-state index contributed by atoms with van der Waals surface area (Å²) in [7, 11) is 0. The summed E-state index contributed by atoms with van der Waals surface area (Å²) >= 11 is 0. The van der Waals surface area contributed by atoms with Crippen LogP contribution in [0.25, 0.3) is 0 Å². The SMILES string of the molecule is CCCN(c1cccc(C)c1)c1ccc(F)c(N)c1. The van der Waals surface area contributed by atoms with E-state index in [0.29, 0.717) is 0 Å². The maximum absolute atomic E-state index is 13.3. The Kier molecular flexibility index (Phi) is 4.05. The minimum absolute atomic E-state index is 0.186. The van der Waals surface area contributed by atoms with Crippen molar-refractivity contribution >= 4 is 17.1 Å². The molecule has 0 radical (unpaired) electrons. The molecule has 0 spiro atoms. The molecule has 0 atom stereocenters. The van der Waals surface area contributed by atoms with Crippen molar-refractivity contribution < 1.29 is 4.39 Å². The van der Waals surface area contributed by atoms with Crippen LogP contribution in [0.3, 0.4) is 0 Å². The Labute approximate surface area is 113 Å². The number of hydrogen-bond acceptors (Lipinski definition) is 2. The van der Waals surface area contributed by atoms with Crippen molar-refractivity contribution in [3.05, 3.63) is 53.8 Å². The predicted octanol–water partition coefficient (Wildman–Crippen LogP) is 4.26. The van der Waals surface area contributed by atoms with Crippen molar-refractivity contribution in [2.45, 2.75) is 20.3 Å². The zero-order valence-corrected chi connectivity index (χ0v) is 11.4. The number of halogens is 1. The number of nitrogen functional groups attached to an aromatic ring is 1. The maximum atomic E-state index is 13.3. The van der Waals surface area contributed by atoms with Gasteiger partial charge in [-0.3, -0.25) is 0 Å². The van der Waals surface area contributed by atoms with Gasteiger partial charge in [-0.05, 0) is 49.2 Å². The van der Waals surface area contributed by atoms with E-state index >= 15 is 0 Å². The first kappa shape index (κ1) is 13.4. The van der Waals surface area contributed by atoms with Crippen LogP contribution in [0.4, 0.5) is 21.5 Å². The highest BCUT2D eigenvalue weighted by atomic mass is 19.1. The quantitative estimate of drug-likeness (QED) is 0.830. The van der Waals surface area contributed by atoms with Gasteiger partial charge >= 0.3 is 0 Å². The van der Waals surface area contributed by atoms with Gasteiger partial charge in [0.1, 0.15) is 5.82 Å². The molecule has 3 heteroatoms. The first-order valence-electron chi connectivity index (χ1n) is 6.51. The average molecular weight is 258 g/mol. The molecular weight excluding hydrogens is 239 g/mol. The van der Waals surface area contributed by atoms with Crippen LogP contribution < -0.4 is 10.6 Å². The van der Waals surface area contributed by atoms with Crippen LogP contribution in [0.15, 0.2) is 42.5 Å². The Hall–Kier alpha value is -2.03. The van der Waals surface area contributed by atoms with Crippen LogP contribution >= 0.6 is 0 Å². The zero-order chi connectivity index (χ0) is 13.8. The lowest BCUT2D eigenvalue weighted by Crippen LogP contribution is -2.18. The van der Waals surface area contributed by atoms with E-state index < -0.39 is 0 Å². The number of nitrogens with zero attached hydrogens (tertiary/aromatic N) is 1. The number of benzene rings is 2. The Balaban J connectivity index is 2.42. The van der Waals surface area contributed by atoms with Gasteiger partial charge in [-0.2, -0.15) is 0 Å². The number of nitrogens with two attached hydrogens (primary N) is 1. The highest BCUT2D eigenvalue weighted by Crippen LogP contribution is 2.28. The van der Waals surface area contributed by atoms with Crippen molar-refractivity contribution in [3.8, 4) is 0 Å². The van der Waals surface area contributed by atoms with E-state index in [1.165, 1.54) is 11.6 Å². The molecule has 0 saturated carbocycles. The molecule has 0 aliphatic carbocycles. The van der Waals surface area contributed by atoms with Gasteiger partial charge in [0.2, 0.25) is 0 Å². The monoisotopic (exact) mass is 258 g/mol. The summed E-state index contributed by atoms with van der Waals surface area (Å²) < 4.78 is 13.3. The zero-order valence-electron chi connectivity index (χ0n) is 11.4. The lowest BCUT2D eigenvalue weighted by molar-refractivity contribution is 0.632. The molecule has 0 heterocycles. The molecule has 2 aromatic carbocycles. The molecule has 2 rings (SSSR count). The third kappa shape index (κ3) is 3.05. The van der Waals surface area contributed by atoms with Crippen LogP contribution in [0.2, 0.25) is 0 Å². The minimum Gasteiger partial charge on any atom is -0.396 e. The van der Waals surface area contributed by atoms with Crippen molar-refractivity contribution in [2.75, 3.05) is 17.2 Å². The topological polar surface area (TPSA) is 29.3 Å². The van der Waals surface area contributed by atoms with E-state index in [9.17, 15) is 4.39 Å².